The minimum absolute atomic E-state index is 0.267. The first kappa shape index (κ1) is 11.1. The van der Waals surface area contributed by atoms with Crippen molar-refractivity contribution in [3.63, 3.8) is 0 Å². The molecule has 16 heavy (non-hydrogen) atoms. The van der Waals surface area contributed by atoms with Gasteiger partial charge in [-0.1, -0.05) is 12.1 Å². The summed E-state index contributed by atoms with van der Waals surface area (Å²) in [6, 6.07) is 4.69. The third-order valence-electron chi connectivity index (χ3n) is 2.71. The topological polar surface area (TPSA) is 20.2 Å². The maximum atomic E-state index is 13.6. The number of aromatic nitrogens is 1. The second-order valence-electron chi connectivity index (χ2n) is 4.29. The van der Waals surface area contributed by atoms with Crippen molar-refractivity contribution < 1.29 is 13.7 Å². The van der Waals surface area contributed by atoms with E-state index in [1.807, 2.05) is 14.1 Å². The molecule has 2 aromatic rings. The first-order valence-electron chi connectivity index (χ1n) is 5.33. The van der Waals surface area contributed by atoms with Gasteiger partial charge in [0, 0.05) is 17.4 Å². The summed E-state index contributed by atoms with van der Waals surface area (Å²) in [5.74, 6) is -0.818. The lowest BCUT2D eigenvalue weighted by Crippen LogP contribution is -3.06. The van der Waals surface area contributed by atoms with Gasteiger partial charge in [0.05, 0.1) is 26.2 Å². The van der Waals surface area contributed by atoms with Crippen LogP contribution in [-0.2, 0) is 6.42 Å². The van der Waals surface area contributed by atoms with Crippen molar-refractivity contribution in [2.45, 2.75) is 6.42 Å². The summed E-state index contributed by atoms with van der Waals surface area (Å²) >= 11 is 0. The molecule has 1 heterocycles. The quantitative estimate of drug-likeness (QED) is 0.781. The zero-order valence-electron chi connectivity index (χ0n) is 9.40. The molecule has 0 aliphatic heterocycles. The summed E-state index contributed by atoms with van der Waals surface area (Å²) in [5.41, 5.74) is 0.847. The predicted octanol–water partition coefficient (Wildman–Crippen LogP) is 1.13. The number of hydrogen-bond donors (Lipinski definition) is 2. The van der Waals surface area contributed by atoms with Crippen molar-refractivity contribution in [1.82, 2.24) is 4.98 Å². The molecule has 0 spiro atoms. The van der Waals surface area contributed by atoms with Crippen LogP contribution in [0.1, 0.15) is 5.56 Å². The van der Waals surface area contributed by atoms with Crippen molar-refractivity contribution in [3.05, 3.63) is 35.5 Å². The smallest absolute Gasteiger partial charge is 0.195 e. The van der Waals surface area contributed by atoms with E-state index < -0.39 is 11.8 Å². The van der Waals surface area contributed by atoms with Crippen molar-refractivity contribution >= 4 is 10.9 Å². The largest absolute Gasteiger partial charge is 0.340 e. The van der Waals surface area contributed by atoms with E-state index in [4.69, 9.17) is 0 Å². The molecule has 0 fully saturated rings. The summed E-state index contributed by atoms with van der Waals surface area (Å²) < 4.78 is 27.0. The van der Waals surface area contributed by atoms with Gasteiger partial charge in [-0.25, -0.2) is 4.39 Å². The van der Waals surface area contributed by atoms with Crippen LogP contribution in [0.3, 0.4) is 0 Å². The number of aromatic amines is 1. The summed E-state index contributed by atoms with van der Waals surface area (Å²) in [6.07, 6.45) is 0.609. The Bertz CT molecular complexity index is 503. The van der Waals surface area contributed by atoms with E-state index in [1.165, 1.54) is 11.0 Å². The van der Waals surface area contributed by atoms with Crippen molar-refractivity contribution in [1.29, 1.82) is 0 Å². The van der Waals surface area contributed by atoms with Crippen molar-refractivity contribution in [3.8, 4) is 0 Å². The zero-order chi connectivity index (χ0) is 11.7. The number of likely N-dealkylation sites (N-methyl/N-ethyl adjacent to an activating group) is 1. The average molecular weight is 225 g/mol. The van der Waals surface area contributed by atoms with Crippen LogP contribution in [0.2, 0.25) is 0 Å². The van der Waals surface area contributed by atoms with Crippen LogP contribution in [0.25, 0.3) is 10.9 Å². The molecule has 0 radical (unpaired) electrons. The molecule has 1 aromatic carbocycles. The van der Waals surface area contributed by atoms with Gasteiger partial charge >= 0.3 is 0 Å². The molecule has 0 saturated carbocycles. The highest BCUT2D eigenvalue weighted by Gasteiger charge is 2.14. The number of nitrogens with one attached hydrogen (secondary N) is 2. The number of H-pyrrole nitrogens is 1. The molecule has 86 valence electrons. The summed E-state index contributed by atoms with van der Waals surface area (Å²) in [4.78, 5) is 3.71. The lowest BCUT2D eigenvalue weighted by atomic mass is 10.1. The van der Waals surface area contributed by atoms with Gasteiger partial charge in [-0.05, 0) is 6.07 Å². The van der Waals surface area contributed by atoms with Gasteiger partial charge in [-0.2, -0.15) is 4.39 Å². The molecule has 0 aliphatic carbocycles. The number of para-hydroxylation sites is 1. The van der Waals surface area contributed by atoms with Crippen molar-refractivity contribution in [2.75, 3.05) is 20.6 Å². The Hall–Kier alpha value is -1.42. The Morgan fingerprint density at radius 1 is 1.25 bits per heavy atom. The lowest BCUT2D eigenvalue weighted by molar-refractivity contribution is -0.858. The van der Waals surface area contributed by atoms with Crippen LogP contribution in [0.5, 0.6) is 0 Å². The van der Waals surface area contributed by atoms with Gasteiger partial charge in [-0.15, -0.1) is 0 Å². The second kappa shape index (κ2) is 4.22. The fourth-order valence-corrected chi connectivity index (χ4v) is 1.83. The number of rotatable bonds is 3. The molecule has 1 aromatic heterocycles. The Balaban J connectivity index is 2.44. The third-order valence-corrected chi connectivity index (χ3v) is 2.71. The van der Waals surface area contributed by atoms with Gasteiger partial charge in [0.25, 0.3) is 0 Å². The number of fused-ring (bicyclic) bond motifs is 1. The van der Waals surface area contributed by atoms with E-state index in [9.17, 15) is 8.78 Å². The Labute approximate surface area is 92.9 Å². The highest BCUT2D eigenvalue weighted by atomic mass is 19.1. The van der Waals surface area contributed by atoms with Crippen LogP contribution in [0.15, 0.2) is 18.2 Å². The summed E-state index contributed by atoms with van der Waals surface area (Å²) in [5, 5.41) is 0.652. The van der Waals surface area contributed by atoms with Crippen molar-refractivity contribution in [2.24, 2.45) is 0 Å². The van der Waals surface area contributed by atoms with Gasteiger partial charge in [-0.3, -0.25) is 0 Å². The predicted molar refractivity (Wildman–Crippen MR) is 59.6 cm³/mol. The first-order valence-corrected chi connectivity index (χ1v) is 5.33. The SMILES string of the molecule is C[NH+](C)CCc1c(F)[nH]c2c(F)cccc12. The third kappa shape index (κ3) is 1.93. The van der Waals surface area contributed by atoms with E-state index in [0.717, 1.165) is 6.54 Å². The molecule has 0 saturated heterocycles. The molecule has 4 heteroatoms. The molecular weight excluding hydrogens is 210 g/mol. The normalized spacial score (nSPS) is 11.6. The van der Waals surface area contributed by atoms with E-state index in [0.29, 0.717) is 17.4 Å². The molecule has 2 rings (SSSR count). The molecule has 0 amide bonds. The Morgan fingerprint density at radius 3 is 2.69 bits per heavy atom. The standard InChI is InChI=1S/C12H14F2N2/c1-16(2)7-6-9-8-4-3-5-10(13)11(8)15-12(9)14/h3-5,15H,6-7H2,1-2H3/p+1. The summed E-state index contributed by atoms with van der Waals surface area (Å²) in [7, 11) is 4.01. The van der Waals surface area contributed by atoms with Crippen LogP contribution >= 0.6 is 0 Å². The fourth-order valence-electron chi connectivity index (χ4n) is 1.83. The maximum absolute atomic E-state index is 13.6. The molecule has 0 bridgehead atoms. The highest BCUT2D eigenvalue weighted by molar-refractivity contribution is 5.83. The summed E-state index contributed by atoms with van der Waals surface area (Å²) in [6.45, 7) is 0.820. The van der Waals surface area contributed by atoms with Crippen LogP contribution in [0.4, 0.5) is 8.78 Å². The maximum Gasteiger partial charge on any atom is 0.195 e. The molecule has 2 N–H and O–H groups in total. The molecular formula is C12H15F2N2+. The van der Waals surface area contributed by atoms with Crippen LogP contribution in [-0.4, -0.2) is 25.6 Å². The molecule has 2 nitrogen and oxygen atoms in total. The van der Waals surface area contributed by atoms with Crippen LogP contribution < -0.4 is 4.90 Å². The minimum atomic E-state index is -0.415. The van der Waals surface area contributed by atoms with Crippen LogP contribution in [0, 0.1) is 11.8 Å². The number of benzene rings is 1. The lowest BCUT2D eigenvalue weighted by Gasteiger charge is -2.05. The van der Waals surface area contributed by atoms with E-state index in [-0.39, 0.29) is 5.52 Å². The number of quaternary nitrogens is 1. The first-order chi connectivity index (χ1) is 7.59. The Morgan fingerprint density at radius 2 is 2.00 bits per heavy atom. The highest BCUT2D eigenvalue weighted by Crippen LogP contribution is 2.23. The number of halogens is 2. The van der Waals surface area contributed by atoms with Gasteiger partial charge in [0.2, 0.25) is 0 Å². The molecule has 0 atom stereocenters. The van der Waals surface area contributed by atoms with Gasteiger partial charge in [0.1, 0.15) is 5.82 Å². The number of hydrogen-bond acceptors (Lipinski definition) is 0. The van der Waals surface area contributed by atoms with Gasteiger partial charge < -0.3 is 9.88 Å². The Kier molecular flexibility index (Phi) is 2.92. The van der Waals surface area contributed by atoms with E-state index in [2.05, 4.69) is 4.98 Å². The molecule has 0 unspecified atom stereocenters. The van der Waals surface area contributed by atoms with E-state index >= 15 is 0 Å². The average Bonchev–Trinajstić information content (AvgIpc) is 2.53. The molecule has 0 aliphatic rings. The minimum Gasteiger partial charge on any atom is -0.340 e. The van der Waals surface area contributed by atoms with Gasteiger partial charge in [0.15, 0.2) is 5.95 Å². The second-order valence-corrected chi connectivity index (χ2v) is 4.29. The zero-order valence-corrected chi connectivity index (χ0v) is 9.40. The fraction of sp³-hybridized carbons (Fsp3) is 0.333. The monoisotopic (exact) mass is 225 g/mol. The van der Waals surface area contributed by atoms with E-state index in [1.54, 1.807) is 12.1 Å².